The Morgan fingerprint density at radius 1 is 1.08 bits per heavy atom. The summed E-state index contributed by atoms with van der Waals surface area (Å²) in [6.07, 6.45) is 4.44. The smallest absolute Gasteiger partial charge is 0.338 e. The molecule has 0 N–H and O–H groups in total. The van der Waals surface area contributed by atoms with E-state index < -0.39 is 8.32 Å². The number of carbonyl (C=O) groups excluding carboxylic acids is 1. The van der Waals surface area contributed by atoms with Gasteiger partial charge in [0.2, 0.25) is 8.32 Å². The molecule has 2 aliphatic rings. The van der Waals surface area contributed by atoms with E-state index in [4.69, 9.17) is 9.16 Å². The average molecular weight is 376 g/mol. The summed E-state index contributed by atoms with van der Waals surface area (Å²) in [6.45, 7) is 11.1. The lowest BCUT2D eigenvalue weighted by molar-refractivity contribution is -0.000448. The van der Waals surface area contributed by atoms with Crippen molar-refractivity contribution in [3.63, 3.8) is 0 Å². The summed E-state index contributed by atoms with van der Waals surface area (Å²) in [5.74, 6) is 0.628. The van der Waals surface area contributed by atoms with Crippen LogP contribution in [0.1, 0.15) is 56.8 Å². The van der Waals surface area contributed by atoms with Crippen molar-refractivity contribution < 1.29 is 14.0 Å². The third-order valence-electron chi connectivity index (χ3n) is 6.60. The summed E-state index contributed by atoms with van der Waals surface area (Å²) < 4.78 is 12.1. The van der Waals surface area contributed by atoms with E-state index in [9.17, 15) is 4.79 Å². The van der Waals surface area contributed by atoms with Crippen LogP contribution in [0.2, 0.25) is 18.1 Å². The highest BCUT2D eigenvalue weighted by molar-refractivity contribution is 6.74. The molecule has 2 fully saturated rings. The SMILES string of the molecule is CN1C2CCC1CC(OC(=O)c1ccc(O[Si](C)(C)C(C)(C)C)cc1)C2. The van der Waals surface area contributed by atoms with Crippen LogP contribution < -0.4 is 4.43 Å². The molecular formula is C21H33NO3Si. The van der Waals surface area contributed by atoms with Gasteiger partial charge >= 0.3 is 5.97 Å². The quantitative estimate of drug-likeness (QED) is 0.557. The summed E-state index contributed by atoms with van der Waals surface area (Å²) >= 11 is 0. The van der Waals surface area contributed by atoms with Crippen LogP contribution in [0, 0.1) is 0 Å². The van der Waals surface area contributed by atoms with Gasteiger partial charge < -0.3 is 14.1 Å². The lowest BCUT2D eigenvalue weighted by Crippen LogP contribution is -2.43. The van der Waals surface area contributed by atoms with Crippen LogP contribution in [-0.4, -0.2) is 44.4 Å². The van der Waals surface area contributed by atoms with E-state index in [1.54, 1.807) is 0 Å². The second-order valence-electron chi connectivity index (χ2n) is 9.44. The number of piperidine rings is 1. The van der Waals surface area contributed by atoms with Gasteiger partial charge in [-0.25, -0.2) is 4.79 Å². The van der Waals surface area contributed by atoms with Crippen molar-refractivity contribution in [3.05, 3.63) is 29.8 Å². The zero-order valence-electron chi connectivity index (χ0n) is 17.0. The Kier molecular flexibility index (Phi) is 5.23. The largest absolute Gasteiger partial charge is 0.544 e. The first-order valence-electron chi connectivity index (χ1n) is 9.79. The first-order valence-corrected chi connectivity index (χ1v) is 12.7. The van der Waals surface area contributed by atoms with Gasteiger partial charge in [0.1, 0.15) is 11.9 Å². The Balaban J connectivity index is 1.59. The second kappa shape index (κ2) is 7.00. The molecule has 2 heterocycles. The van der Waals surface area contributed by atoms with Crippen molar-refractivity contribution >= 4 is 14.3 Å². The van der Waals surface area contributed by atoms with Crippen LogP contribution in [0.15, 0.2) is 24.3 Å². The number of carbonyl (C=O) groups is 1. The summed E-state index contributed by atoms with van der Waals surface area (Å²) in [7, 11) is 0.335. The van der Waals surface area contributed by atoms with E-state index in [-0.39, 0.29) is 17.1 Å². The van der Waals surface area contributed by atoms with Gasteiger partial charge in [0.25, 0.3) is 0 Å². The summed E-state index contributed by atoms with van der Waals surface area (Å²) in [6, 6.07) is 8.60. The highest BCUT2D eigenvalue weighted by Gasteiger charge is 2.40. The normalized spacial score (nSPS) is 26.6. The third kappa shape index (κ3) is 3.99. The van der Waals surface area contributed by atoms with E-state index in [1.807, 2.05) is 24.3 Å². The topological polar surface area (TPSA) is 38.8 Å². The summed E-state index contributed by atoms with van der Waals surface area (Å²) in [5.41, 5.74) is 0.610. The maximum absolute atomic E-state index is 12.5. The van der Waals surface area contributed by atoms with Crippen LogP contribution in [0.4, 0.5) is 0 Å². The minimum Gasteiger partial charge on any atom is -0.544 e. The first-order chi connectivity index (χ1) is 12.1. The maximum Gasteiger partial charge on any atom is 0.338 e. The van der Waals surface area contributed by atoms with Gasteiger partial charge in [-0.2, -0.15) is 0 Å². The van der Waals surface area contributed by atoms with Gasteiger partial charge in [-0.15, -0.1) is 0 Å². The fourth-order valence-electron chi connectivity index (χ4n) is 3.78. The molecule has 0 amide bonds. The van der Waals surface area contributed by atoms with Crippen molar-refractivity contribution in [1.82, 2.24) is 4.90 Å². The van der Waals surface area contributed by atoms with Crippen LogP contribution >= 0.6 is 0 Å². The van der Waals surface area contributed by atoms with Crippen molar-refractivity contribution in [1.29, 1.82) is 0 Å². The molecule has 5 heteroatoms. The van der Waals surface area contributed by atoms with Gasteiger partial charge in [-0.05, 0) is 62.3 Å². The number of fused-ring (bicyclic) bond motifs is 2. The Labute approximate surface area is 159 Å². The lowest BCUT2D eigenvalue weighted by atomic mass is 10.0. The number of nitrogens with zero attached hydrogens (tertiary/aromatic N) is 1. The van der Waals surface area contributed by atoms with Gasteiger partial charge in [0, 0.05) is 24.9 Å². The molecule has 2 saturated heterocycles. The minimum atomic E-state index is -1.86. The minimum absolute atomic E-state index is 0.0550. The standard InChI is InChI=1S/C21H33NO3Si/c1-21(2,3)26(5,6)25-18-11-7-15(8-12-18)20(23)24-19-13-16-9-10-17(14-19)22(16)4/h7-8,11-12,16-17,19H,9-10,13-14H2,1-6H3. The number of hydrogen-bond acceptors (Lipinski definition) is 4. The number of benzene rings is 1. The molecular weight excluding hydrogens is 342 g/mol. The van der Waals surface area contributed by atoms with E-state index >= 15 is 0 Å². The molecule has 0 aliphatic carbocycles. The monoisotopic (exact) mass is 375 g/mol. The molecule has 1 aromatic rings. The molecule has 2 aliphatic heterocycles. The molecule has 26 heavy (non-hydrogen) atoms. The molecule has 0 aromatic heterocycles. The van der Waals surface area contributed by atoms with Gasteiger partial charge in [0.15, 0.2) is 0 Å². The number of esters is 1. The first kappa shape index (κ1) is 19.4. The Morgan fingerprint density at radius 3 is 2.12 bits per heavy atom. The molecule has 0 saturated carbocycles. The van der Waals surface area contributed by atoms with E-state index in [1.165, 1.54) is 12.8 Å². The third-order valence-corrected chi connectivity index (χ3v) is 11.0. The second-order valence-corrected chi connectivity index (χ2v) is 14.2. The van der Waals surface area contributed by atoms with Crippen molar-refractivity contribution in [2.24, 2.45) is 0 Å². The highest BCUT2D eigenvalue weighted by atomic mass is 28.4. The van der Waals surface area contributed by atoms with Gasteiger partial charge in [0.05, 0.1) is 5.56 Å². The lowest BCUT2D eigenvalue weighted by Gasteiger charge is -2.36. The Morgan fingerprint density at radius 2 is 1.62 bits per heavy atom. The van der Waals surface area contributed by atoms with E-state index in [2.05, 4.69) is 45.8 Å². The number of ether oxygens (including phenoxy) is 1. The molecule has 1 aromatic carbocycles. The average Bonchev–Trinajstić information content (AvgIpc) is 2.76. The molecule has 0 radical (unpaired) electrons. The van der Waals surface area contributed by atoms with Crippen LogP contribution in [0.3, 0.4) is 0 Å². The Bertz CT molecular complexity index is 636. The predicted molar refractivity (Wildman–Crippen MR) is 107 cm³/mol. The molecule has 2 atom stereocenters. The van der Waals surface area contributed by atoms with Crippen molar-refractivity contribution in [3.8, 4) is 5.75 Å². The fourth-order valence-corrected chi connectivity index (χ4v) is 4.82. The molecule has 4 nitrogen and oxygen atoms in total. The van der Waals surface area contributed by atoms with Gasteiger partial charge in [-0.3, -0.25) is 0 Å². The summed E-state index contributed by atoms with van der Waals surface area (Å²) in [4.78, 5) is 15.0. The highest BCUT2D eigenvalue weighted by Crippen LogP contribution is 2.38. The molecule has 2 bridgehead atoms. The number of rotatable bonds is 4. The maximum atomic E-state index is 12.5. The van der Waals surface area contributed by atoms with Crippen LogP contribution in [-0.2, 0) is 4.74 Å². The molecule has 144 valence electrons. The predicted octanol–water partition coefficient (Wildman–Crippen LogP) is 4.85. The van der Waals surface area contributed by atoms with E-state index in [0.29, 0.717) is 17.6 Å². The van der Waals surface area contributed by atoms with Crippen molar-refractivity contribution in [2.45, 2.75) is 82.8 Å². The van der Waals surface area contributed by atoms with E-state index in [0.717, 1.165) is 18.6 Å². The van der Waals surface area contributed by atoms with Crippen molar-refractivity contribution in [2.75, 3.05) is 7.05 Å². The number of hydrogen-bond donors (Lipinski definition) is 0. The zero-order chi connectivity index (χ0) is 19.1. The summed E-state index contributed by atoms with van der Waals surface area (Å²) in [5, 5.41) is 0.151. The molecule has 3 rings (SSSR count). The van der Waals surface area contributed by atoms with Crippen LogP contribution in [0.25, 0.3) is 0 Å². The Hall–Kier alpha value is -1.33. The fraction of sp³-hybridized carbons (Fsp3) is 0.667. The molecule has 0 spiro atoms. The zero-order valence-corrected chi connectivity index (χ0v) is 18.0. The molecule has 2 unspecified atom stereocenters. The van der Waals surface area contributed by atoms with Crippen LogP contribution in [0.5, 0.6) is 5.75 Å². The van der Waals surface area contributed by atoms with Gasteiger partial charge in [-0.1, -0.05) is 20.8 Å².